The fourth-order valence-electron chi connectivity index (χ4n) is 1.76. The van der Waals surface area contributed by atoms with Crippen LogP contribution in [0.3, 0.4) is 0 Å². The average molecular weight is 265 g/mol. The van der Waals surface area contributed by atoms with E-state index in [4.69, 9.17) is 0 Å². The first kappa shape index (κ1) is 10.8. The maximum absolute atomic E-state index is 4.58. The van der Waals surface area contributed by atoms with Crippen molar-refractivity contribution in [1.82, 2.24) is 24.3 Å². The van der Waals surface area contributed by atoms with Gasteiger partial charge in [0.05, 0.1) is 22.8 Å². The Morgan fingerprint density at radius 3 is 3.18 bits per heavy atom. The Labute approximate surface area is 106 Å². The van der Waals surface area contributed by atoms with Crippen molar-refractivity contribution in [1.29, 1.82) is 0 Å². The van der Waals surface area contributed by atoms with Crippen molar-refractivity contribution in [2.75, 3.05) is 7.05 Å². The summed E-state index contributed by atoms with van der Waals surface area (Å²) in [5, 5.41) is 9.18. The van der Waals surface area contributed by atoms with Gasteiger partial charge in [0.1, 0.15) is 0 Å². The number of hydrogen-bond donors (Lipinski definition) is 1. The molecule has 88 valence electrons. The van der Waals surface area contributed by atoms with E-state index in [-0.39, 0.29) is 6.04 Å². The Morgan fingerprint density at radius 2 is 2.47 bits per heavy atom. The number of likely N-dealkylation sites (N-methyl/N-ethyl adjacent to an activating group) is 1. The normalized spacial score (nSPS) is 13.2. The first-order valence-electron chi connectivity index (χ1n) is 5.22. The smallest absolute Gasteiger partial charge is 0.193 e. The van der Waals surface area contributed by atoms with Crippen LogP contribution in [-0.2, 0) is 6.42 Å². The third-order valence-electron chi connectivity index (χ3n) is 2.63. The number of rotatable bonds is 4. The molecule has 0 saturated carbocycles. The number of fused-ring (bicyclic) bond motifs is 1. The molecule has 0 aliphatic rings. The van der Waals surface area contributed by atoms with Crippen molar-refractivity contribution < 1.29 is 0 Å². The van der Waals surface area contributed by atoms with E-state index in [9.17, 15) is 0 Å². The minimum absolute atomic E-state index is 0.236. The standard InChI is InChI=1S/C10H11N5S2/c1-11-8(9-5-12-14-17-9)4-7-6-15-2-3-16-10(15)13-7/h2-3,5-6,8,11H,4H2,1H3. The highest BCUT2D eigenvalue weighted by molar-refractivity contribution is 7.15. The highest BCUT2D eigenvalue weighted by atomic mass is 32.1. The maximum atomic E-state index is 4.58. The minimum atomic E-state index is 0.236. The van der Waals surface area contributed by atoms with Gasteiger partial charge in [-0.15, -0.1) is 16.4 Å². The summed E-state index contributed by atoms with van der Waals surface area (Å²) < 4.78 is 5.95. The van der Waals surface area contributed by atoms with Crippen LogP contribution in [0, 0.1) is 0 Å². The van der Waals surface area contributed by atoms with E-state index < -0.39 is 0 Å². The quantitative estimate of drug-likeness (QED) is 0.781. The Balaban J connectivity index is 1.83. The van der Waals surface area contributed by atoms with Gasteiger partial charge in [-0.3, -0.25) is 4.40 Å². The molecule has 0 aliphatic carbocycles. The number of nitrogens with one attached hydrogen (secondary N) is 1. The van der Waals surface area contributed by atoms with Gasteiger partial charge in [0, 0.05) is 24.2 Å². The van der Waals surface area contributed by atoms with Crippen molar-refractivity contribution in [2.24, 2.45) is 0 Å². The van der Waals surface area contributed by atoms with Crippen molar-refractivity contribution in [2.45, 2.75) is 12.5 Å². The molecule has 0 spiro atoms. The molecule has 1 atom stereocenters. The average Bonchev–Trinajstić information content (AvgIpc) is 3.01. The Kier molecular flexibility index (Phi) is 2.87. The number of imidazole rings is 1. The monoisotopic (exact) mass is 265 g/mol. The van der Waals surface area contributed by atoms with Gasteiger partial charge in [-0.25, -0.2) is 4.98 Å². The van der Waals surface area contributed by atoms with E-state index in [1.807, 2.05) is 24.8 Å². The SMILES string of the molecule is CNC(Cc1cn2ccsc2n1)c1cnns1. The third-order valence-corrected chi connectivity index (χ3v) is 4.17. The third kappa shape index (κ3) is 2.08. The predicted molar refractivity (Wildman–Crippen MR) is 68.5 cm³/mol. The van der Waals surface area contributed by atoms with Gasteiger partial charge in [0.15, 0.2) is 4.96 Å². The zero-order valence-electron chi connectivity index (χ0n) is 9.20. The first-order chi connectivity index (χ1) is 8.36. The van der Waals surface area contributed by atoms with Gasteiger partial charge in [-0.2, -0.15) is 0 Å². The van der Waals surface area contributed by atoms with Crippen LogP contribution in [0.2, 0.25) is 0 Å². The van der Waals surface area contributed by atoms with Crippen molar-refractivity contribution in [3.63, 3.8) is 0 Å². The minimum Gasteiger partial charge on any atom is -0.312 e. The molecule has 0 aromatic carbocycles. The Hall–Kier alpha value is -1.31. The van der Waals surface area contributed by atoms with E-state index in [0.717, 1.165) is 22.0 Å². The predicted octanol–water partition coefficient (Wildman–Crippen LogP) is 1.75. The van der Waals surface area contributed by atoms with E-state index in [0.29, 0.717) is 0 Å². The van der Waals surface area contributed by atoms with E-state index in [1.54, 1.807) is 11.3 Å². The molecule has 1 N–H and O–H groups in total. The molecular weight excluding hydrogens is 254 g/mol. The summed E-state index contributed by atoms with van der Waals surface area (Å²) in [6.45, 7) is 0. The molecule has 7 heteroatoms. The van der Waals surface area contributed by atoms with Gasteiger partial charge >= 0.3 is 0 Å². The van der Waals surface area contributed by atoms with Gasteiger partial charge in [0.2, 0.25) is 0 Å². The molecular formula is C10H11N5S2. The summed E-state index contributed by atoms with van der Waals surface area (Å²) in [5.41, 5.74) is 1.09. The fraction of sp³-hybridized carbons (Fsp3) is 0.300. The summed E-state index contributed by atoms with van der Waals surface area (Å²) in [6.07, 6.45) is 6.77. The van der Waals surface area contributed by atoms with Crippen molar-refractivity contribution >= 4 is 27.8 Å². The molecule has 0 fully saturated rings. The molecule has 0 aliphatic heterocycles. The van der Waals surface area contributed by atoms with Crippen LogP contribution in [-0.4, -0.2) is 26.0 Å². The molecule has 0 radical (unpaired) electrons. The molecule has 3 aromatic heterocycles. The molecule has 17 heavy (non-hydrogen) atoms. The Bertz CT molecular complexity index is 569. The van der Waals surface area contributed by atoms with E-state index in [1.165, 1.54) is 11.5 Å². The summed E-state index contributed by atoms with van der Waals surface area (Å²) in [5.74, 6) is 0. The topological polar surface area (TPSA) is 55.1 Å². The van der Waals surface area contributed by atoms with Crippen LogP contribution in [0.5, 0.6) is 0 Å². The number of nitrogens with zero attached hydrogens (tertiary/aromatic N) is 4. The lowest BCUT2D eigenvalue weighted by Gasteiger charge is -2.11. The number of hydrogen-bond acceptors (Lipinski definition) is 6. The van der Waals surface area contributed by atoms with Crippen LogP contribution in [0.1, 0.15) is 16.6 Å². The zero-order chi connectivity index (χ0) is 11.7. The Morgan fingerprint density at radius 1 is 1.53 bits per heavy atom. The molecule has 3 aromatic rings. The number of aromatic nitrogens is 4. The summed E-state index contributed by atoms with van der Waals surface area (Å²) in [4.78, 5) is 6.76. The van der Waals surface area contributed by atoms with Crippen molar-refractivity contribution in [3.05, 3.63) is 34.5 Å². The molecule has 3 heterocycles. The van der Waals surface area contributed by atoms with Crippen LogP contribution in [0.15, 0.2) is 24.0 Å². The molecule has 1 unspecified atom stereocenters. The highest BCUT2D eigenvalue weighted by Crippen LogP contribution is 2.20. The lowest BCUT2D eigenvalue weighted by Crippen LogP contribution is -2.17. The summed E-state index contributed by atoms with van der Waals surface area (Å²) in [6, 6.07) is 0.236. The van der Waals surface area contributed by atoms with Gasteiger partial charge in [-0.05, 0) is 18.6 Å². The summed E-state index contributed by atoms with van der Waals surface area (Å²) in [7, 11) is 1.95. The molecule has 3 rings (SSSR count). The van der Waals surface area contributed by atoms with Crippen LogP contribution in [0.25, 0.3) is 4.96 Å². The summed E-state index contributed by atoms with van der Waals surface area (Å²) >= 11 is 3.08. The van der Waals surface area contributed by atoms with Crippen LogP contribution < -0.4 is 5.32 Å². The second-order valence-corrected chi connectivity index (χ2v) is 5.38. The number of thiazole rings is 1. The maximum Gasteiger partial charge on any atom is 0.193 e. The van der Waals surface area contributed by atoms with E-state index in [2.05, 4.69) is 30.5 Å². The highest BCUT2D eigenvalue weighted by Gasteiger charge is 2.14. The molecule has 0 saturated heterocycles. The lowest BCUT2D eigenvalue weighted by atomic mass is 10.1. The van der Waals surface area contributed by atoms with Gasteiger partial charge < -0.3 is 5.32 Å². The molecule has 0 amide bonds. The first-order valence-corrected chi connectivity index (χ1v) is 6.87. The molecule has 0 bridgehead atoms. The zero-order valence-corrected chi connectivity index (χ0v) is 10.8. The fourth-order valence-corrected chi connectivity index (χ4v) is 3.09. The van der Waals surface area contributed by atoms with E-state index >= 15 is 0 Å². The molecule has 5 nitrogen and oxygen atoms in total. The second kappa shape index (κ2) is 4.52. The van der Waals surface area contributed by atoms with Gasteiger partial charge in [0.25, 0.3) is 0 Å². The van der Waals surface area contributed by atoms with Crippen molar-refractivity contribution in [3.8, 4) is 0 Å². The van der Waals surface area contributed by atoms with Crippen LogP contribution in [0.4, 0.5) is 0 Å². The lowest BCUT2D eigenvalue weighted by molar-refractivity contribution is 0.595. The largest absolute Gasteiger partial charge is 0.312 e. The van der Waals surface area contributed by atoms with Crippen LogP contribution >= 0.6 is 22.9 Å². The second-order valence-electron chi connectivity index (χ2n) is 3.69. The van der Waals surface area contributed by atoms with Gasteiger partial charge in [-0.1, -0.05) is 4.49 Å².